The summed E-state index contributed by atoms with van der Waals surface area (Å²) in [4.78, 5) is 15.9. The molecule has 5 nitrogen and oxygen atoms in total. The van der Waals surface area contributed by atoms with Crippen molar-refractivity contribution in [3.63, 3.8) is 0 Å². The molecule has 1 aliphatic carbocycles. The van der Waals surface area contributed by atoms with E-state index in [0.29, 0.717) is 12.0 Å². The molecule has 23 heavy (non-hydrogen) atoms. The first-order chi connectivity index (χ1) is 11.3. The first-order valence-electron chi connectivity index (χ1n) is 8.24. The summed E-state index contributed by atoms with van der Waals surface area (Å²) < 4.78 is 1.07. The number of nitrogens with one attached hydrogen (secondary N) is 1. The van der Waals surface area contributed by atoms with Crippen molar-refractivity contribution < 1.29 is 0 Å². The molecule has 1 saturated heterocycles. The predicted octanol–water partition coefficient (Wildman–Crippen LogP) is 3.59. The Morgan fingerprint density at radius 3 is 2.61 bits per heavy atom. The van der Waals surface area contributed by atoms with Crippen LogP contribution in [-0.4, -0.2) is 34.1 Å². The molecule has 0 radical (unpaired) electrons. The van der Waals surface area contributed by atoms with E-state index < -0.39 is 0 Å². The Balaban J connectivity index is 1.36. The van der Waals surface area contributed by atoms with Crippen LogP contribution in [0.1, 0.15) is 37.4 Å². The van der Waals surface area contributed by atoms with Crippen molar-refractivity contribution in [3.05, 3.63) is 40.9 Å². The number of aromatic nitrogens is 3. The molecule has 120 valence electrons. The Morgan fingerprint density at radius 2 is 1.87 bits per heavy atom. The standard InChI is InChI=1S/C17H20BrN5/c18-14-2-1-8-20-17(14)23-10-6-13(7-11-23)21-15-5-9-19-16(22-15)12-3-4-12/h1-2,5,8-9,12-13H,3-4,6-7,10-11H2,(H,19,21,22). The lowest BCUT2D eigenvalue weighted by Gasteiger charge is -2.33. The van der Waals surface area contributed by atoms with E-state index in [1.807, 2.05) is 30.6 Å². The van der Waals surface area contributed by atoms with E-state index in [1.165, 1.54) is 12.8 Å². The van der Waals surface area contributed by atoms with Crippen LogP contribution >= 0.6 is 15.9 Å². The molecule has 0 amide bonds. The van der Waals surface area contributed by atoms with E-state index in [9.17, 15) is 0 Å². The van der Waals surface area contributed by atoms with Crippen LogP contribution in [0.25, 0.3) is 0 Å². The number of rotatable bonds is 4. The molecule has 6 heteroatoms. The van der Waals surface area contributed by atoms with Gasteiger partial charge in [0.05, 0.1) is 4.47 Å². The van der Waals surface area contributed by atoms with Gasteiger partial charge in [0.1, 0.15) is 17.5 Å². The van der Waals surface area contributed by atoms with Crippen molar-refractivity contribution >= 4 is 27.6 Å². The summed E-state index contributed by atoms with van der Waals surface area (Å²) in [7, 11) is 0. The first kappa shape index (κ1) is 14.9. The molecule has 1 saturated carbocycles. The fourth-order valence-electron chi connectivity index (χ4n) is 3.05. The van der Waals surface area contributed by atoms with Gasteiger partial charge in [-0.05, 0) is 59.8 Å². The van der Waals surface area contributed by atoms with Gasteiger partial charge < -0.3 is 10.2 Å². The molecule has 2 aromatic rings. The number of anilines is 2. The third kappa shape index (κ3) is 3.47. The Morgan fingerprint density at radius 1 is 1.04 bits per heavy atom. The molecule has 0 bridgehead atoms. The van der Waals surface area contributed by atoms with Crippen molar-refractivity contribution in [2.24, 2.45) is 0 Å². The van der Waals surface area contributed by atoms with Crippen molar-refractivity contribution in [2.75, 3.05) is 23.3 Å². The van der Waals surface area contributed by atoms with E-state index in [1.54, 1.807) is 0 Å². The third-order valence-electron chi connectivity index (χ3n) is 4.50. The largest absolute Gasteiger partial charge is 0.367 e. The van der Waals surface area contributed by atoms with E-state index in [0.717, 1.165) is 47.9 Å². The lowest BCUT2D eigenvalue weighted by atomic mass is 10.1. The summed E-state index contributed by atoms with van der Waals surface area (Å²) >= 11 is 3.59. The lowest BCUT2D eigenvalue weighted by Crippen LogP contribution is -2.39. The molecule has 4 rings (SSSR count). The van der Waals surface area contributed by atoms with E-state index in [-0.39, 0.29) is 0 Å². The van der Waals surface area contributed by atoms with E-state index >= 15 is 0 Å². The van der Waals surface area contributed by atoms with Gasteiger partial charge in [0.15, 0.2) is 0 Å². The van der Waals surface area contributed by atoms with Crippen molar-refractivity contribution in [3.8, 4) is 0 Å². The van der Waals surface area contributed by atoms with Gasteiger partial charge in [0.25, 0.3) is 0 Å². The molecule has 1 N–H and O–H groups in total. The molecule has 2 aromatic heterocycles. The Labute approximate surface area is 144 Å². The molecule has 2 fully saturated rings. The number of pyridine rings is 1. The third-order valence-corrected chi connectivity index (χ3v) is 5.12. The summed E-state index contributed by atoms with van der Waals surface area (Å²) in [5.41, 5.74) is 0. The number of hydrogen-bond donors (Lipinski definition) is 1. The van der Waals surface area contributed by atoms with Crippen LogP contribution in [-0.2, 0) is 0 Å². The second-order valence-electron chi connectivity index (χ2n) is 6.29. The quantitative estimate of drug-likeness (QED) is 0.887. The van der Waals surface area contributed by atoms with Gasteiger partial charge in [0, 0.05) is 37.4 Å². The topological polar surface area (TPSA) is 53.9 Å². The van der Waals surface area contributed by atoms with Gasteiger partial charge in [-0.15, -0.1) is 0 Å². The average molecular weight is 374 g/mol. The highest BCUT2D eigenvalue weighted by atomic mass is 79.9. The van der Waals surface area contributed by atoms with Crippen LogP contribution in [0, 0.1) is 0 Å². The van der Waals surface area contributed by atoms with Crippen LogP contribution in [0.15, 0.2) is 35.1 Å². The smallest absolute Gasteiger partial charge is 0.142 e. The van der Waals surface area contributed by atoms with Gasteiger partial charge in [-0.25, -0.2) is 15.0 Å². The van der Waals surface area contributed by atoms with E-state index in [4.69, 9.17) is 0 Å². The van der Waals surface area contributed by atoms with Crippen LogP contribution in [0.4, 0.5) is 11.6 Å². The minimum Gasteiger partial charge on any atom is -0.367 e. The molecule has 3 heterocycles. The van der Waals surface area contributed by atoms with Crippen LogP contribution in [0.2, 0.25) is 0 Å². The molecule has 2 aliphatic rings. The second-order valence-corrected chi connectivity index (χ2v) is 7.14. The van der Waals surface area contributed by atoms with Gasteiger partial charge in [-0.2, -0.15) is 0 Å². The number of halogens is 1. The highest BCUT2D eigenvalue weighted by Gasteiger charge is 2.27. The maximum atomic E-state index is 4.66. The normalized spacial score (nSPS) is 18.9. The molecule has 0 aromatic carbocycles. The lowest BCUT2D eigenvalue weighted by molar-refractivity contribution is 0.521. The summed E-state index contributed by atoms with van der Waals surface area (Å²) in [5, 5.41) is 3.58. The predicted molar refractivity (Wildman–Crippen MR) is 94.8 cm³/mol. The summed E-state index contributed by atoms with van der Waals surface area (Å²) in [6.07, 6.45) is 8.38. The number of piperidine rings is 1. The van der Waals surface area contributed by atoms with Gasteiger partial charge >= 0.3 is 0 Å². The molecule has 0 unspecified atom stereocenters. The highest BCUT2D eigenvalue weighted by molar-refractivity contribution is 9.10. The summed E-state index contributed by atoms with van der Waals surface area (Å²) in [5.74, 6) is 3.62. The van der Waals surface area contributed by atoms with Crippen molar-refractivity contribution in [2.45, 2.75) is 37.6 Å². The van der Waals surface area contributed by atoms with Crippen molar-refractivity contribution in [1.82, 2.24) is 15.0 Å². The Bertz CT molecular complexity index is 680. The molecule has 0 atom stereocenters. The fourth-order valence-corrected chi connectivity index (χ4v) is 3.55. The average Bonchev–Trinajstić information content (AvgIpc) is 3.42. The van der Waals surface area contributed by atoms with Gasteiger partial charge in [-0.1, -0.05) is 0 Å². The SMILES string of the molecule is Brc1cccnc1N1CCC(Nc2ccnc(C3CC3)n2)CC1. The zero-order valence-electron chi connectivity index (χ0n) is 13.0. The summed E-state index contributed by atoms with van der Waals surface area (Å²) in [6.45, 7) is 2.02. The molecule has 0 spiro atoms. The van der Waals surface area contributed by atoms with Gasteiger partial charge in [0.2, 0.25) is 0 Å². The zero-order chi connectivity index (χ0) is 15.6. The highest BCUT2D eigenvalue weighted by Crippen LogP contribution is 2.38. The summed E-state index contributed by atoms with van der Waals surface area (Å²) in [6, 6.07) is 6.45. The zero-order valence-corrected chi connectivity index (χ0v) is 14.5. The molecular formula is C17H20BrN5. The minimum atomic E-state index is 0.468. The Kier molecular flexibility index (Phi) is 4.16. The van der Waals surface area contributed by atoms with Crippen molar-refractivity contribution in [1.29, 1.82) is 0 Å². The van der Waals surface area contributed by atoms with Gasteiger partial charge in [-0.3, -0.25) is 0 Å². The Hall–Kier alpha value is -1.69. The second kappa shape index (κ2) is 6.43. The van der Waals surface area contributed by atoms with E-state index in [2.05, 4.69) is 41.1 Å². The van der Waals surface area contributed by atoms with Crippen LogP contribution in [0.3, 0.4) is 0 Å². The number of hydrogen-bond acceptors (Lipinski definition) is 5. The maximum absolute atomic E-state index is 4.66. The first-order valence-corrected chi connectivity index (χ1v) is 9.04. The fraction of sp³-hybridized carbons (Fsp3) is 0.471. The van der Waals surface area contributed by atoms with Crippen LogP contribution in [0.5, 0.6) is 0 Å². The minimum absolute atomic E-state index is 0.468. The number of nitrogens with zero attached hydrogens (tertiary/aromatic N) is 4. The van der Waals surface area contributed by atoms with Crippen LogP contribution < -0.4 is 10.2 Å². The molecule has 1 aliphatic heterocycles. The monoisotopic (exact) mass is 373 g/mol. The maximum Gasteiger partial charge on any atom is 0.142 e. The molecular weight excluding hydrogens is 354 g/mol.